The number of hydrogen-bond donors (Lipinski definition) is 1. The third-order valence-corrected chi connectivity index (χ3v) is 4.22. The predicted molar refractivity (Wildman–Crippen MR) is 84.0 cm³/mol. The molecule has 0 aliphatic carbocycles. The number of nitrogens with one attached hydrogen (secondary N) is 1. The minimum Gasteiger partial charge on any atom is -0.324 e. The maximum Gasteiger partial charge on any atom is 0.241 e. The quantitative estimate of drug-likeness (QED) is 0.915. The molecule has 0 saturated carbocycles. The lowest BCUT2D eigenvalue weighted by Gasteiger charge is -2.26. The van der Waals surface area contributed by atoms with Gasteiger partial charge in [0.1, 0.15) is 0 Å². The van der Waals surface area contributed by atoms with Crippen molar-refractivity contribution in [1.82, 2.24) is 4.90 Å². The first-order valence-corrected chi connectivity index (χ1v) is 7.70. The van der Waals surface area contributed by atoms with Crippen molar-refractivity contribution >= 4 is 11.6 Å². The molecular weight excluding hydrogens is 248 g/mol. The summed E-state index contributed by atoms with van der Waals surface area (Å²) in [6.07, 6.45) is 5.01. The minimum atomic E-state index is -0.0481. The molecular formula is C17H26N2O. The Kier molecular flexibility index (Phi) is 5.18. The molecule has 1 aliphatic rings. The normalized spacial score (nSPS) is 18.4. The van der Waals surface area contributed by atoms with Gasteiger partial charge in [0.05, 0.1) is 6.04 Å². The molecule has 0 spiro atoms. The number of aryl methyl sites for hydroxylation is 2. The van der Waals surface area contributed by atoms with E-state index in [-0.39, 0.29) is 11.9 Å². The zero-order valence-corrected chi connectivity index (χ0v) is 12.9. The summed E-state index contributed by atoms with van der Waals surface area (Å²) in [6, 6.07) is 6.13. The van der Waals surface area contributed by atoms with E-state index in [1.54, 1.807) is 0 Å². The molecule has 0 bridgehead atoms. The number of likely N-dealkylation sites (tertiary alicyclic amines) is 1. The summed E-state index contributed by atoms with van der Waals surface area (Å²) < 4.78 is 0. The first-order valence-electron chi connectivity index (χ1n) is 7.70. The molecule has 1 aliphatic heterocycles. The van der Waals surface area contributed by atoms with Crippen LogP contribution >= 0.6 is 0 Å². The number of carbonyl (C=O) groups excluding carboxylic acids is 1. The van der Waals surface area contributed by atoms with Crippen molar-refractivity contribution < 1.29 is 4.79 Å². The van der Waals surface area contributed by atoms with E-state index in [2.05, 4.69) is 22.3 Å². The van der Waals surface area contributed by atoms with E-state index in [4.69, 9.17) is 0 Å². The van der Waals surface area contributed by atoms with Crippen LogP contribution in [0.4, 0.5) is 5.69 Å². The van der Waals surface area contributed by atoms with Gasteiger partial charge >= 0.3 is 0 Å². The Bertz CT molecular complexity index is 462. The lowest BCUT2D eigenvalue weighted by Crippen LogP contribution is -2.42. The van der Waals surface area contributed by atoms with Crippen LogP contribution in [0.1, 0.15) is 43.7 Å². The SMILES string of the molecule is Cc1ccc(C)c(NC(=O)[C@H](C)N2CCCCCC2)c1. The summed E-state index contributed by atoms with van der Waals surface area (Å²) in [5, 5.41) is 3.09. The highest BCUT2D eigenvalue weighted by Gasteiger charge is 2.22. The summed E-state index contributed by atoms with van der Waals surface area (Å²) in [6.45, 7) is 8.19. The van der Waals surface area contributed by atoms with E-state index in [1.807, 2.05) is 26.8 Å². The van der Waals surface area contributed by atoms with Gasteiger partial charge in [0, 0.05) is 5.69 Å². The van der Waals surface area contributed by atoms with Crippen LogP contribution in [0, 0.1) is 13.8 Å². The summed E-state index contributed by atoms with van der Waals surface area (Å²) in [5.74, 6) is 0.112. The van der Waals surface area contributed by atoms with E-state index in [1.165, 1.54) is 31.2 Å². The molecule has 1 N–H and O–H groups in total. The lowest BCUT2D eigenvalue weighted by atomic mass is 10.1. The number of carbonyl (C=O) groups is 1. The van der Waals surface area contributed by atoms with Gasteiger partial charge in [0.15, 0.2) is 0 Å². The number of hydrogen-bond acceptors (Lipinski definition) is 2. The average Bonchev–Trinajstić information content (AvgIpc) is 2.71. The molecule has 20 heavy (non-hydrogen) atoms. The van der Waals surface area contributed by atoms with Crippen LogP contribution < -0.4 is 5.32 Å². The highest BCUT2D eigenvalue weighted by atomic mass is 16.2. The van der Waals surface area contributed by atoms with E-state index < -0.39 is 0 Å². The Morgan fingerprint density at radius 1 is 1.15 bits per heavy atom. The Balaban J connectivity index is 2.01. The molecule has 1 aromatic carbocycles. The van der Waals surface area contributed by atoms with Gasteiger partial charge in [-0.1, -0.05) is 25.0 Å². The molecule has 2 rings (SSSR count). The molecule has 1 saturated heterocycles. The van der Waals surface area contributed by atoms with E-state index in [0.717, 1.165) is 24.3 Å². The van der Waals surface area contributed by atoms with Crippen LogP contribution in [0.3, 0.4) is 0 Å². The van der Waals surface area contributed by atoms with Crippen molar-refractivity contribution in [3.8, 4) is 0 Å². The second-order valence-corrected chi connectivity index (χ2v) is 5.93. The largest absolute Gasteiger partial charge is 0.324 e. The fourth-order valence-corrected chi connectivity index (χ4v) is 2.76. The minimum absolute atomic E-state index is 0.0481. The lowest BCUT2D eigenvalue weighted by molar-refractivity contribution is -0.120. The van der Waals surface area contributed by atoms with E-state index in [0.29, 0.717) is 0 Å². The van der Waals surface area contributed by atoms with Gasteiger partial charge in [0.2, 0.25) is 5.91 Å². The monoisotopic (exact) mass is 274 g/mol. The van der Waals surface area contributed by atoms with Crippen LogP contribution in [-0.4, -0.2) is 29.9 Å². The molecule has 1 amide bonds. The van der Waals surface area contributed by atoms with Gasteiger partial charge in [0.25, 0.3) is 0 Å². The van der Waals surface area contributed by atoms with Gasteiger partial charge in [-0.25, -0.2) is 0 Å². The zero-order valence-electron chi connectivity index (χ0n) is 12.9. The van der Waals surface area contributed by atoms with Crippen molar-refractivity contribution in [2.45, 2.75) is 52.5 Å². The number of amides is 1. The van der Waals surface area contributed by atoms with Gasteiger partial charge in [-0.05, 0) is 63.9 Å². The molecule has 1 heterocycles. The van der Waals surface area contributed by atoms with E-state index in [9.17, 15) is 4.79 Å². The van der Waals surface area contributed by atoms with Gasteiger partial charge in [-0.15, -0.1) is 0 Å². The van der Waals surface area contributed by atoms with Crippen LogP contribution in [0.15, 0.2) is 18.2 Å². The van der Waals surface area contributed by atoms with Crippen LogP contribution in [0.25, 0.3) is 0 Å². The van der Waals surface area contributed by atoms with Crippen molar-refractivity contribution in [2.75, 3.05) is 18.4 Å². The fraction of sp³-hybridized carbons (Fsp3) is 0.588. The van der Waals surface area contributed by atoms with Crippen LogP contribution in [0.5, 0.6) is 0 Å². The van der Waals surface area contributed by atoms with Crippen molar-refractivity contribution in [3.05, 3.63) is 29.3 Å². The van der Waals surface area contributed by atoms with E-state index >= 15 is 0 Å². The zero-order chi connectivity index (χ0) is 14.5. The second-order valence-electron chi connectivity index (χ2n) is 5.93. The molecule has 110 valence electrons. The molecule has 0 radical (unpaired) electrons. The Hall–Kier alpha value is -1.35. The van der Waals surface area contributed by atoms with Crippen molar-refractivity contribution in [3.63, 3.8) is 0 Å². The molecule has 1 atom stereocenters. The predicted octanol–water partition coefficient (Wildman–Crippen LogP) is 3.51. The summed E-state index contributed by atoms with van der Waals surface area (Å²) in [5.41, 5.74) is 3.23. The Morgan fingerprint density at radius 2 is 1.80 bits per heavy atom. The summed E-state index contributed by atoms with van der Waals surface area (Å²) in [7, 11) is 0. The number of benzene rings is 1. The number of nitrogens with zero attached hydrogens (tertiary/aromatic N) is 1. The van der Waals surface area contributed by atoms with Gasteiger partial charge in [-0.2, -0.15) is 0 Å². The van der Waals surface area contributed by atoms with Crippen LogP contribution in [0.2, 0.25) is 0 Å². The topological polar surface area (TPSA) is 32.3 Å². The number of anilines is 1. The fourth-order valence-electron chi connectivity index (χ4n) is 2.76. The van der Waals surface area contributed by atoms with Gasteiger partial charge < -0.3 is 5.32 Å². The maximum atomic E-state index is 12.4. The van der Waals surface area contributed by atoms with Crippen molar-refractivity contribution in [1.29, 1.82) is 0 Å². The maximum absolute atomic E-state index is 12.4. The Labute approximate surface area is 122 Å². The average molecular weight is 274 g/mol. The molecule has 1 fully saturated rings. The first kappa shape index (κ1) is 15.0. The second kappa shape index (κ2) is 6.89. The molecule has 1 aromatic rings. The smallest absolute Gasteiger partial charge is 0.241 e. The standard InChI is InChI=1S/C17H26N2O/c1-13-8-9-14(2)16(12-13)18-17(20)15(3)19-10-6-4-5-7-11-19/h8-9,12,15H,4-7,10-11H2,1-3H3,(H,18,20)/t15-/m0/s1. The molecule has 3 heteroatoms. The first-order chi connectivity index (χ1) is 9.58. The molecule has 0 unspecified atom stereocenters. The molecule has 0 aromatic heterocycles. The van der Waals surface area contributed by atoms with Crippen LogP contribution in [-0.2, 0) is 4.79 Å². The van der Waals surface area contributed by atoms with Crippen molar-refractivity contribution in [2.24, 2.45) is 0 Å². The highest BCUT2D eigenvalue weighted by Crippen LogP contribution is 2.18. The highest BCUT2D eigenvalue weighted by molar-refractivity contribution is 5.95. The number of rotatable bonds is 3. The summed E-state index contributed by atoms with van der Waals surface area (Å²) in [4.78, 5) is 14.7. The third kappa shape index (κ3) is 3.83. The Morgan fingerprint density at radius 3 is 2.45 bits per heavy atom. The third-order valence-electron chi connectivity index (χ3n) is 4.22. The van der Waals surface area contributed by atoms with Gasteiger partial charge in [-0.3, -0.25) is 9.69 Å². The molecule has 3 nitrogen and oxygen atoms in total. The summed E-state index contributed by atoms with van der Waals surface area (Å²) >= 11 is 0.